The smallest absolute Gasteiger partial charge is 0.416 e. The first-order chi connectivity index (χ1) is 7.27. The summed E-state index contributed by atoms with van der Waals surface area (Å²) in [6, 6.07) is 3.06. The summed E-state index contributed by atoms with van der Waals surface area (Å²) in [5, 5.41) is 17.2. The van der Waals surface area contributed by atoms with E-state index in [2.05, 4.69) is 0 Å². The fourth-order valence-corrected chi connectivity index (χ4v) is 1.30. The van der Waals surface area contributed by atoms with Gasteiger partial charge in [-0.25, -0.2) is 4.79 Å². The lowest BCUT2D eigenvalue weighted by Gasteiger charge is -2.12. The molecule has 3 nitrogen and oxygen atoms in total. The van der Waals surface area contributed by atoms with Crippen LogP contribution in [0.4, 0.5) is 13.2 Å². The van der Waals surface area contributed by atoms with Crippen molar-refractivity contribution in [3.05, 3.63) is 34.4 Å². The number of nitriles is 1. The molecular weight excluding hydrogens is 223 g/mol. The molecule has 0 atom stereocenters. The molecule has 6 heteroatoms. The number of rotatable bonds is 1. The van der Waals surface area contributed by atoms with Gasteiger partial charge in [0.25, 0.3) is 0 Å². The topological polar surface area (TPSA) is 61.1 Å². The maximum Gasteiger partial charge on any atom is 0.416 e. The monoisotopic (exact) mass is 229 g/mol. The number of hydrogen-bond donors (Lipinski definition) is 1. The van der Waals surface area contributed by atoms with E-state index in [4.69, 9.17) is 10.4 Å². The minimum absolute atomic E-state index is 0.324. The van der Waals surface area contributed by atoms with Gasteiger partial charge in [0.1, 0.15) is 0 Å². The van der Waals surface area contributed by atoms with Gasteiger partial charge in [0.2, 0.25) is 0 Å². The van der Waals surface area contributed by atoms with Gasteiger partial charge < -0.3 is 5.11 Å². The van der Waals surface area contributed by atoms with E-state index in [1.165, 1.54) is 6.07 Å². The van der Waals surface area contributed by atoms with Gasteiger partial charge in [0, 0.05) is 0 Å². The lowest BCUT2D eigenvalue weighted by Crippen LogP contribution is -2.12. The maximum absolute atomic E-state index is 12.5. The van der Waals surface area contributed by atoms with E-state index in [1.54, 1.807) is 0 Å². The summed E-state index contributed by atoms with van der Waals surface area (Å²) in [6.45, 7) is 1.06. The average molecular weight is 229 g/mol. The molecule has 1 rings (SSSR count). The number of benzene rings is 1. The predicted octanol–water partition coefficient (Wildman–Crippen LogP) is 2.58. The molecular formula is C10H6F3NO2. The Morgan fingerprint density at radius 3 is 2.38 bits per heavy atom. The molecule has 0 unspecified atom stereocenters. The molecule has 1 aromatic carbocycles. The van der Waals surface area contributed by atoms with Crippen LogP contribution in [0, 0.1) is 18.3 Å². The molecule has 0 aliphatic rings. The van der Waals surface area contributed by atoms with Gasteiger partial charge in [0.05, 0.1) is 22.8 Å². The first-order valence-electron chi connectivity index (χ1n) is 4.12. The van der Waals surface area contributed by atoms with Crippen LogP contribution in [0.5, 0.6) is 0 Å². The first kappa shape index (κ1) is 12.0. The molecule has 16 heavy (non-hydrogen) atoms. The second-order valence-electron chi connectivity index (χ2n) is 3.11. The molecule has 0 spiro atoms. The zero-order chi connectivity index (χ0) is 12.5. The fourth-order valence-electron chi connectivity index (χ4n) is 1.30. The van der Waals surface area contributed by atoms with Crippen molar-refractivity contribution in [1.29, 1.82) is 5.26 Å². The minimum Gasteiger partial charge on any atom is -0.478 e. The Bertz CT molecular complexity index is 486. The number of halogens is 3. The summed E-state index contributed by atoms with van der Waals surface area (Å²) in [6.07, 6.45) is -4.67. The van der Waals surface area contributed by atoms with Crippen LogP contribution in [0.2, 0.25) is 0 Å². The van der Waals surface area contributed by atoms with E-state index in [-0.39, 0.29) is 11.1 Å². The highest BCUT2D eigenvalue weighted by molar-refractivity contribution is 5.90. The molecule has 1 aromatic rings. The Hall–Kier alpha value is -2.03. The van der Waals surface area contributed by atoms with Crippen LogP contribution in [-0.2, 0) is 6.18 Å². The standard InChI is InChI=1S/C10H6F3NO2/c1-5-7(9(15)16)2-6(4-14)3-8(5)10(11,12)13/h2-3H,1H3,(H,15,16). The van der Waals surface area contributed by atoms with Crippen molar-refractivity contribution < 1.29 is 23.1 Å². The normalized spacial score (nSPS) is 10.9. The van der Waals surface area contributed by atoms with E-state index < -0.39 is 23.3 Å². The SMILES string of the molecule is Cc1c(C(=O)O)cc(C#N)cc1C(F)(F)F. The van der Waals surface area contributed by atoms with Gasteiger partial charge in [-0.2, -0.15) is 18.4 Å². The second-order valence-corrected chi connectivity index (χ2v) is 3.11. The molecule has 84 valence electrons. The third-order valence-corrected chi connectivity index (χ3v) is 2.07. The van der Waals surface area contributed by atoms with Crippen LogP contribution in [0.25, 0.3) is 0 Å². The van der Waals surface area contributed by atoms with E-state index in [9.17, 15) is 18.0 Å². The van der Waals surface area contributed by atoms with Crippen molar-refractivity contribution in [3.63, 3.8) is 0 Å². The Balaban J connectivity index is 3.58. The second kappa shape index (κ2) is 3.85. The lowest BCUT2D eigenvalue weighted by molar-refractivity contribution is -0.138. The number of carboxylic acid groups (broad SMARTS) is 1. The molecule has 0 heterocycles. The van der Waals surface area contributed by atoms with Crippen LogP contribution in [0.15, 0.2) is 12.1 Å². The van der Waals surface area contributed by atoms with Crippen molar-refractivity contribution in [2.75, 3.05) is 0 Å². The molecule has 0 radical (unpaired) electrons. The minimum atomic E-state index is -4.67. The quantitative estimate of drug-likeness (QED) is 0.804. The van der Waals surface area contributed by atoms with E-state index >= 15 is 0 Å². The van der Waals surface area contributed by atoms with Gasteiger partial charge in [-0.3, -0.25) is 0 Å². The van der Waals surface area contributed by atoms with Crippen LogP contribution in [0.1, 0.15) is 27.0 Å². The van der Waals surface area contributed by atoms with Gasteiger partial charge >= 0.3 is 12.1 Å². The maximum atomic E-state index is 12.5. The summed E-state index contributed by atoms with van der Waals surface area (Å²) >= 11 is 0. The van der Waals surface area contributed by atoms with E-state index in [0.29, 0.717) is 6.07 Å². The van der Waals surface area contributed by atoms with Crippen LogP contribution in [-0.4, -0.2) is 11.1 Å². The van der Waals surface area contributed by atoms with Crippen LogP contribution >= 0.6 is 0 Å². The van der Waals surface area contributed by atoms with Gasteiger partial charge in [-0.15, -0.1) is 0 Å². The third kappa shape index (κ3) is 2.14. The number of alkyl halides is 3. The molecule has 0 aliphatic heterocycles. The number of aromatic carboxylic acids is 1. The highest BCUT2D eigenvalue weighted by Crippen LogP contribution is 2.33. The molecule has 0 bridgehead atoms. The van der Waals surface area contributed by atoms with Crippen molar-refractivity contribution in [2.24, 2.45) is 0 Å². The number of hydrogen-bond acceptors (Lipinski definition) is 2. The van der Waals surface area contributed by atoms with Crippen LogP contribution < -0.4 is 0 Å². The van der Waals surface area contributed by atoms with Crippen molar-refractivity contribution in [1.82, 2.24) is 0 Å². The largest absolute Gasteiger partial charge is 0.478 e. The van der Waals surface area contributed by atoms with E-state index in [1.807, 2.05) is 0 Å². The van der Waals surface area contributed by atoms with Gasteiger partial charge in [0.15, 0.2) is 0 Å². The summed E-state index contributed by atoms with van der Waals surface area (Å²) in [5.41, 5.74) is -2.32. The number of carbonyl (C=O) groups is 1. The molecule has 0 saturated heterocycles. The van der Waals surface area contributed by atoms with Crippen molar-refractivity contribution in [3.8, 4) is 6.07 Å². The Labute approximate surface area is 88.7 Å². The number of nitrogens with zero attached hydrogens (tertiary/aromatic N) is 1. The molecule has 0 aliphatic carbocycles. The number of carboxylic acids is 1. The Kier molecular flexibility index (Phi) is 2.90. The first-order valence-corrected chi connectivity index (χ1v) is 4.12. The van der Waals surface area contributed by atoms with Gasteiger partial charge in [-0.1, -0.05) is 0 Å². The molecule has 0 fully saturated rings. The Morgan fingerprint density at radius 1 is 1.44 bits per heavy atom. The summed E-state index contributed by atoms with van der Waals surface area (Å²) < 4.78 is 37.5. The van der Waals surface area contributed by atoms with Gasteiger partial charge in [-0.05, 0) is 24.6 Å². The third-order valence-electron chi connectivity index (χ3n) is 2.07. The highest BCUT2D eigenvalue weighted by atomic mass is 19.4. The van der Waals surface area contributed by atoms with Crippen molar-refractivity contribution in [2.45, 2.75) is 13.1 Å². The summed E-state index contributed by atoms with van der Waals surface area (Å²) in [7, 11) is 0. The highest BCUT2D eigenvalue weighted by Gasteiger charge is 2.34. The lowest BCUT2D eigenvalue weighted by atomic mass is 9.99. The fraction of sp³-hybridized carbons (Fsp3) is 0.200. The van der Waals surface area contributed by atoms with Crippen LogP contribution in [0.3, 0.4) is 0 Å². The zero-order valence-electron chi connectivity index (χ0n) is 8.09. The molecule has 1 N–H and O–H groups in total. The van der Waals surface area contributed by atoms with Crippen molar-refractivity contribution >= 4 is 5.97 Å². The average Bonchev–Trinajstić information content (AvgIpc) is 2.15. The van der Waals surface area contributed by atoms with E-state index in [0.717, 1.165) is 13.0 Å². The Morgan fingerprint density at radius 2 is 2.00 bits per heavy atom. The molecule has 0 saturated carbocycles. The summed E-state index contributed by atoms with van der Waals surface area (Å²) in [5.74, 6) is -1.49. The zero-order valence-corrected chi connectivity index (χ0v) is 8.09. The molecule has 0 amide bonds. The summed E-state index contributed by atoms with van der Waals surface area (Å²) in [4.78, 5) is 10.7. The molecule has 0 aromatic heterocycles. The predicted molar refractivity (Wildman–Crippen MR) is 47.9 cm³/mol.